The van der Waals surface area contributed by atoms with Crippen LogP contribution in [0.25, 0.3) is 0 Å². The van der Waals surface area contributed by atoms with Gasteiger partial charge in [-0.25, -0.2) is 27.2 Å². The molecule has 0 saturated carbocycles. The Balaban J connectivity index is 2.25. The van der Waals surface area contributed by atoms with Crippen LogP contribution in [0.2, 0.25) is 0 Å². The summed E-state index contributed by atoms with van der Waals surface area (Å²) >= 11 is 0. The summed E-state index contributed by atoms with van der Waals surface area (Å²) in [5.41, 5.74) is -0.354. The minimum Gasteiger partial charge on any atom is -0.355 e. The van der Waals surface area contributed by atoms with Crippen molar-refractivity contribution in [3.05, 3.63) is 42.2 Å². The fourth-order valence-corrected chi connectivity index (χ4v) is 2.44. The average Bonchev–Trinajstić information content (AvgIpc) is 2.43. The van der Waals surface area contributed by atoms with Gasteiger partial charge in [0.1, 0.15) is 16.5 Å². The molecule has 0 spiro atoms. The first-order valence-electron chi connectivity index (χ1n) is 5.96. The third-order valence-electron chi connectivity index (χ3n) is 2.45. The molecule has 0 bridgehead atoms. The Labute approximate surface area is 120 Å². The molecular weight excluding hydrogens is 302 g/mol. The SMILES string of the molecule is CCNc1ncc(S(=O)(=O)Nc2ccc(F)cc2F)cn1. The Hall–Kier alpha value is -2.29. The van der Waals surface area contributed by atoms with Crippen molar-refractivity contribution in [2.45, 2.75) is 11.8 Å². The molecule has 0 saturated heterocycles. The average molecular weight is 314 g/mol. The van der Waals surface area contributed by atoms with Crippen LogP contribution in [-0.2, 0) is 10.0 Å². The first-order valence-corrected chi connectivity index (χ1v) is 7.44. The molecule has 2 N–H and O–H groups in total. The van der Waals surface area contributed by atoms with E-state index >= 15 is 0 Å². The highest BCUT2D eigenvalue weighted by molar-refractivity contribution is 7.92. The maximum Gasteiger partial charge on any atom is 0.265 e. The largest absolute Gasteiger partial charge is 0.355 e. The van der Waals surface area contributed by atoms with Crippen molar-refractivity contribution in [3.63, 3.8) is 0 Å². The number of nitrogens with zero attached hydrogens (tertiary/aromatic N) is 2. The van der Waals surface area contributed by atoms with Gasteiger partial charge < -0.3 is 5.32 Å². The van der Waals surface area contributed by atoms with Crippen molar-refractivity contribution >= 4 is 21.7 Å². The minimum atomic E-state index is -4.05. The summed E-state index contributed by atoms with van der Waals surface area (Å²) in [6, 6.07) is 2.53. The molecule has 21 heavy (non-hydrogen) atoms. The van der Waals surface area contributed by atoms with Crippen LogP contribution in [0.15, 0.2) is 35.5 Å². The number of benzene rings is 1. The van der Waals surface area contributed by atoms with Crippen molar-refractivity contribution in [2.24, 2.45) is 0 Å². The minimum absolute atomic E-state index is 0.229. The standard InChI is InChI=1S/C12H12F2N4O2S/c1-2-15-12-16-6-9(7-17-12)21(19,20)18-11-4-3-8(13)5-10(11)14/h3-7,18H,2H2,1H3,(H,15,16,17). The fourth-order valence-electron chi connectivity index (χ4n) is 1.48. The smallest absolute Gasteiger partial charge is 0.265 e. The van der Waals surface area contributed by atoms with Crippen molar-refractivity contribution in [1.82, 2.24) is 9.97 Å². The molecule has 1 aromatic heterocycles. The number of nitrogens with one attached hydrogen (secondary N) is 2. The second-order valence-electron chi connectivity index (χ2n) is 4.00. The van der Waals surface area contributed by atoms with Crippen molar-refractivity contribution in [2.75, 3.05) is 16.6 Å². The van der Waals surface area contributed by atoms with E-state index in [1.807, 2.05) is 11.6 Å². The third kappa shape index (κ3) is 3.63. The van der Waals surface area contributed by atoms with Gasteiger partial charge in [0.15, 0.2) is 0 Å². The highest BCUT2D eigenvalue weighted by Gasteiger charge is 2.17. The number of hydrogen-bond donors (Lipinski definition) is 2. The lowest BCUT2D eigenvalue weighted by molar-refractivity contribution is 0.582. The first-order chi connectivity index (χ1) is 9.92. The molecule has 0 fully saturated rings. The molecule has 1 heterocycles. The normalized spacial score (nSPS) is 11.2. The van der Waals surface area contributed by atoms with E-state index in [9.17, 15) is 17.2 Å². The van der Waals surface area contributed by atoms with E-state index in [1.54, 1.807) is 0 Å². The summed E-state index contributed by atoms with van der Waals surface area (Å²) in [5.74, 6) is -1.53. The Bertz CT molecular complexity index is 735. The summed E-state index contributed by atoms with van der Waals surface area (Å²) in [5, 5.41) is 2.81. The van der Waals surface area contributed by atoms with Gasteiger partial charge in [-0.15, -0.1) is 0 Å². The molecule has 0 aliphatic carbocycles. The fraction of sp³-hybridized carbons (Fsp3) is 0.167. The monoisotopic (exact) mass is 314 g/mol. The van der Waals surface area contributed by atoms with Gasteiger partial charge in [-0.1, -0.05) is 0 Å². The zero-order valence-electron chi connectivity index (χ0n) is 11.0. The second kappa shape index (κ2) is 6.00. The summed E-state index contributed by atoms with van der Waals surface area (Å²) < 4.78 is 52.3. The van der Waals surface area contributed by atoms with Crippen molar-refractivity contribution < 1.29 is 17.2 Å². The Morgan fingerprint density at radius 1 is 1.19 bits per heavy atom. The molecule has 2 aromatic rings. The highest BCUT2D eigenvalue weighted by atomic mass is 32.2. The van der Waals surface area contributed by atoms with Crippen molar-refractivity contribution in [1.29, 1.82) is 0 Å². The molecule has 6 nitrogen and oxygen atoms in total. The molecule has 0 aliphatic rings. The summed E-state index contributed by atoms with van der Waals surface area (Å²) in [4.78, 5) is 7.41. The number of hydrogen-bond acceptors (Lipinski definition) is 5. The molecule has 112 valence electrons. The Kier molecular flexibility index (Phi) is 4.32. The molecule has 0 atom stereocenters. The van der Waals surface area contributed by atoms with Crippen LogP contribution in [0.5, 0.6) is 0 Å². The van der Waals surface area contributed by atoms with E-state index in [0.29, 0.717) is 12.6 Å². The lowest BCUT2D eigenvalue weighted by Gasteiger charge is -2.09. The summed E-state index contributed by atoms with van der Waals surface area (Å²) in [7, 11) is -4.05. The summed E-state index contributed by atoms with van der Waals surface area (Å²) in [6.45, 7) is 2.43. The molecular formula is C12H12F2N4O2S. The van der Waals surface area contributed by atoms with E-state index < -0.39 is 21.7 Å². The molecule has 0 aliphatic heterocycles. The predicted octanol–water partition coefficient (Wildman–Crippen LogP) is 1.99. The van der Waals surface area contributed by atoms with Gasteiger partial charge >= 0.3 is 0 Å². The number of anilines is 2. The lowest BCUT2D eigenvalue weighted by atomic mass is 10.3. The van der Waals surface area contributed by atoms with Crippen LogP contribution < -0.4 is 10.0 Å². The zero-order chi connectivity index (χ0) is 15.5. The summed E-state index contributed by atoms with van der Waals surface area (Å²) in [6.07, 6.45) is 2.18. The van der Waals surface area contributed by atoms with E-state index in [4.69, 9.17) is 0 Å². The number of sulfonamides is 1. The van der Waals surface area contributed by atoms with E-state index in [1.165, 1.54) is 0 Å². The maximum atomic E-state index is 13.5. The zero-order valence-corrected chi connectivity index (χ0v) is 11.8. The van der Waals surface area contributed by atoms with E-state index in [2.05, 4.69) is 15.3 Å². The van der Waals surface area contributed by atoms with E-state index in [-0.39, 0.29) is 16.5 Å². The van der Waals surface area contributed by atoms with Gasteiger partial charge in [0.05, 0.1) is 18.1 Å². The Morgan fingerprint density at radius 2 is 1.86 bits per heavy atom. The number of aromatic nitrogens is 2. The van der Waals surface area contributed by atoms with Crippen LogP contribution in [0, 0.1) is 11.6 Å². The van der Waals surface area contributed by atoms with Gasteiger partial charge in [0.2, 0.25) is 5.95 Å². The van der Waals surface area contributed by atoms with Crippen molar-refractivity contribution in [3.8, 4) is 0 Å². The van der Waals surface area contributed by atoms with Gasteiger partial charge in [-0.3, -0.25) is 4.72 Å². The van der Waals surface area contributed by atoms with Crippen LogP contribution in [0.4, 0.5) is 20.4 Å². The van der Waals surface area contributed by atoms with Crippen LogP contribution in [0.3, 0.4) is 0 Å². The van der Waals surface area contributed by atoms with Crippen LogP contribution >= 0.6 is 0 Å². The lowest BCUT2D eigenvalue weighted by Crippen LogP contribution is -2.15. The molecule has 0 amide bonds. The molecule has 2 rings (SSSR count). The second-order valence-corrected chi connectivity index (χ2v) is 5.68. The van der Waals surface area contributed by atoms with Gasteiger partial charge in [-0.05, 0) is 19.1 Å². The van der Waals surface area contributed by atoms with Gasteiger partial charge in [-0.2, -0.15) is 0 Å². The van der Waals surface area contributed by atoms with Gasteiger partial charge in [0, 0.05) is 12.6 Å². The maximum absolute atomic E-state index is 13.5. The first kappa shape index (κ1) is 15.1. The van der Waals surface area contributed by atoms with Crippen LogP contribution in [-0.4, -0.2) is 24.9 Å². The molecule has 9 heteroatoms. The molecule has 1 aromatic carbocycles. The Morgan fingerprint density at radius 3 is 2.43 bits per heavy atom. The van der Waals surface area contributed by atoms with Gasteiger partial charge in [0.25, 0.3) is 10.0 Å². The van der Waals surface area contributed by atoms with E-state index in [0.717, 1.165) is 24.5 Å². The predicted molar refractivity (Wildman–Crippen MR) is 73.4 cm³/mol. The number of rotatable bonds is 5. The quantitative estimate of drug-likeness (QED) is 0.881. The van der Waals surface area contributed by atoms with Crippen LogP contribution in [0.1, 0.15) is 6.92 Å². The molecule has 0 unspecified atom stereocenters. The topological polar surface area (TPSA) is 84.0 Å². The number of halogens is 2. The molecule has 0 radical (unpaired) electrons. The third-order valence-corrected chi connectivity index (χ3v) is 3.77. The highest BCUT2D eigenvalue weighted by Crippen LogP contribution is 2.19.